The van der Waals surface area contributed by atoms with E-state index >= 15 is 0 Å². The predicted molar refractivity (Wildman–Crippen MR) is 82.9 cm³/mol. The highest BCUT2D eigenvalue weighted by Gasteiger charge is 1.97. The number of para-hydroxylation sites is 1. The summed E-state index contributed by atoms with van der Waals surface area (Å²) >= 11 is 0. The summed E-state index contributed by atoms with van der Waals surface area (Å²) in [7, 11) is 0. The Labute approximate surface area is 117 Å². The van der Waals surface area contributed by atoms with Gasteiger partial charge in [0.15, 0.2) is 0 Å². The molecule has 0 amide bonds. The monoisotopic (exact) mass is 256 g/mol. The Morgan fingerprint density at radius 3 is 2.05 bits per heavy atom. The molecule has 2 aromatic carbocycles. The summed E-state index contributed by atoms with van der Waals surface area (Å²) in [4.78, 5) is 0. The number of aryl methyl sites for hydroxylation is 1. The van der Waals surface area contributed by atoms with E-state index in [1.165, 1.54) is 12.0 Å². The van der Waals surface area contributed by atoms with E-state index in [-0.39, 0.29) is 0 Å². The Hall–Kier alpha value is -1.76. The van der Waals surface area contributed by atoms with Crippen LogP contribution in [-0.2, 0) is 6.42 Å². The molecule has 0 aromatic heterocycles. The van der Waals surface area contributed by atoms with Crippen molar-refractivity contribution in [3.05, 3.63) is 60.2 Å². The van der Waals surface area contributed by atoms with E-state index in [4.69, 9.17) is 4.74 Å². The third kappa shape index (κ3) is 6.10. The van der Waals surface area contributed by atoms with Crippen molar-refractivity contribution in [1.82, 2.24) is 0 Å². The van der Waals surface area contributed by atoms with Gasteiger partial charge in [-0.3, -0.25) is 0 Å². The second-order valence-electron chi connectivity index (χ2n) is 4.52. The van der Waals surface area contributed by atoms with E-state index in [0.717, 1.165) is 24.3 Å². The first-order valence-electron chi connectivity index (χ1n) is 7.12. The standard InChI is InChI=1S/C15H16O.C3H8/c1-2-7-13-8-6-11-15(12-13)16-14-9-4-3-5-10-14;1-3-2/h3-6,8-12H,2,7H2,1H3;3H2,1-2H3. The van der Waals surface area contributed by atoms with E-state index < -0.39 is 0 Å². The van der Waals surface area contributed by atoms with Gasteiger partial charge in [-0.2, -0.15) is 0 Å². The van der Waals surface area contributed by atoms with E-state index in [2.05, 4.69) is 32.9 Å². The molecule has 2 aromatic rings. The van der Waals surface area contributed by atoms with E-state index in [1.54, 1.807) is 0 Å². The largest absolute Gasteiger partial charge is 0.457 e. The zero-order valence-corrected chi connectivity index (χ0v) is 12.2. The molecule has 0 atom stereocenters. The molecule has 19 heavy (non-hydrogen) atoms. The minimum atomic E-state index is 0.885. The normalized spacial score (nSPS) is 9.42. The van der Waals surface area contributed by atoms with Gasteiger partial charge >= 0.3 is 0 Å². The Bertz CT molecular complexity index is 448. The molecule has 0 radical (unpaired) electrons. The van der Waals surface area contributed by atoms with Crippen molar-refractivity contribution in [2.75, 3.05) is 0 Å². The van der Waals surface area contributed by atoms with Crippen LogP contribution in [0.2, 0.25) is 0 Å². The number of hydrogen-bond donors (Lipinski definition) is 0. The van der Waals surface area contributed by atoms with Crippen molar-refractivity contribution in [1.29, 1.82) is 0 Å². The summed E-state index contributed by atoms with van der Waals surface area (Å²) in [6.07, 6.45) is 3.51. The van der Waals surface area contributed by atoms with Crippen LogP contribution in [0.4, 0.5) is 0 Å². The van der Waals surface area contributed by atoms with Gasteiger partial charge in [0, 0.05) is 0 Å². The van der Waals surface area contributed by atoms with Crippen LogP contribution in [0.15, 0.2) is 54.6 Å². The third-order valence-corrected chi connectivity index (χ3v) is 2.42. The average molecular weight is 256 g/mol. The van der Waals surface area contributed by atoms with Gasteiger partial charge in [0.2, 0.25) is 0 Å². The van der Waals surface area contributed by atoms with Crippen LogP contribution < -0.4 is 4.74 Å². The topological polar surface area (TPSA) is 9.23 Å². The fourth-order valence-electron chi connectivity index (χ4n) is 1.68. The molecule has 0 N–H and O–H groups in total. The van der Waals surface area contributed by atoms with Gasteiger partial charge in [-0.15, -0.1) is 0 Å². The Balaban J connectivity index is 0.000000550. The van der Waals surface area contributed by atoms with Crippen LogP contribution >= 0.6 is 0 Å². The van der Waals surface area contributed by atoms with Crippen molar-refractivity contribution in [3.8, 4) is 11.5 Å². The minimum absolute atomic E-state index is 0.885. The fraction of sp³-hybridized carbons (Fsp3) is 0.333. The summed E-state index contributed by atoms with van der Waals surface area (Å²) in [5.74, 6) is 1.80. The number of hydrogen-bond acceptors (Lipinski definition) is 1. The smallest absolute Gasteiger partial charge is 0.127 e. The van der Waals surface area contributed by atoms with Crippen molar-refractivity contribution in [2.24, 2.45) is 0 Å². The maximum atomic E-state index is 5.77. The van der Waals surface area contributed by atoms with Gasteiger partial charge in [0.25, 0.3) is 0 Å². The second-order valence-corrected chi connectivity index (χ2v) is 4.52. The summed E-state index contributed by atoms with van der Waals surface area (Å²) in [5.41, 5.74) is 1.33. The van der Waals surface area contributed by atoms with Gasteiger partial charge < -0.3 is 4.74 Å². The predicted octanol–water partition coefficient (Wildman–Crippen LogP) is 5.85. The van der Waals surface area contributed by atoms with Crippen LogP contribution in [0.1, 0.15) is 39.2 Å². The maximum absolute atomic E-state index is 5.77. The molecule has 1 nitrogen and oxygen atoms in total. The van der Waals surface area contributed by atoms with Crippen LogP contribution in [0, 0.1) is 0 Å². The lowest BCUT2D eigenvalue weighted by atomic mass is 10.1. The molecule has 102 valence electrons. The molecule has 0 heterocycles. The van der Waals surface area contributed by atoms with Crippen LogP contribution in [-0.4, -0.2) is 0 Å². The summed E-state index contributed by atoms with van der Waals surface area (Å²) in [5, 5.41) is 0. The van der Waals surface area contributed by atoms with Gasteiger partial charge in [0.1, 0.15) is 11.5 Å². The van der Waals surface area contributed by atoms with Crippen LogP contribution in [0.5, 0.6) is 11.5 Å². The summed E-state index contributed by atoms with van der Waals surface area (Å²) in [6, 6.07) is 18.2. The quantitative estimate of drug-likeness (QED) is 0.667. The molecule has 0 bridgehead atoms. The van der Waals surface area contributed by atoms with E-state index in [0.29, 0.717) is 0 Å². The van der Waals surface area contributed by atoms with Gasteiger partial charge in [-0.25, -0.2) is 0 Å². The maximum Gasteiger partial charge on any atom is 0.127 e. The average Bonchev–Trinajstić information content (AvgIpc) is 2.42. The van der Waals surface area contributed by atoms with Gasteiger partial charge in [-0.05, 0) is 36.2 Å². The molecule has 0 aliphatic rings. The zero-order valence-electron chi connectivity index (χ0n) is 12.2. The Morgan fingerprint density at radius 2 is 1.42 bits per heavy atom. The summed E-state index contributed by atoms with van der Waals surface area (Å²) < 4.78 is 5.77. The third-order valence-electron chi connectivity index (χ3n) is 2.42. The molecule has 0 aliphatic carbocycles. The molecule has 0 spiro atoms. The fourth-order valence-corrected chi connectivity index (χ4v) is 1.68. The first-order chi connectivity index (χ1) is 9.30. The van der Waals surface area contributed by atoms with Gasteiger partial charge in [-0.1, -0.05) is 63.9 Å². The molecule has 2 rings (SSSR count). The number of ether oxygens (including phenoxy) is 1. The second kappa shape index (κ2) is 9.21. The SMILES string of the molecule is CCC.CCCc1cccc(Oc2ccccc2)c1. The number of benzene rings is 2. The van der Waals surface area contributed by atoms with E-state index in [1.807, 2.05) is 42.5 Å². The van der Waals surface area contributed by atoms with Crippen molar-refractivity contribution in [2.45, 2.75) is 40.0 Å². The molecule has 0 saturated carbocycles. The lowest BCUT2D eigenvalue weighted by Crippen LogP contribution is -1.87. The highest BCUT2D eigenvalue weighted by Crippen LogP contribution is 2.22. The zero-order chi connectivity index (χ0) is 13.9. The minimum Gasteiger partial charge on any atom is -0.457 e. The van der Waals surface area contributed by atoms with Crippen LogP contribution in [0.25, 0.3) is 0 Å². The van der Waals surface area contributed by atoms with Crippen molar-refractivity contribution in [3.63, 3.8) is 0 Å². The highest BCUT2D eigenvalue weighted by atomic mass is 16.5. The molecule has 1 heteroatoms. The lowest BCUT2D eigenvalue weighted by Gasteiger charge is -2.06. The number of rotatable bonds is 4. The molecular formula is C18H24O. The summed E-state index contributed by atoms with van der Waals surface area (Å²) in [6.45, 7) is 6.44. The van der Waals surface area contributed by atoms with Crippen molar-refractivity contribution >= 4 is 0 Å². The van der Waals surface area contributed by atoms with E-state index in [9.17, 15) is 0 Å². The van der Waals surface area contributed by atoms with Gasteiger partial charge in [0.05, 0.1) is 0 Å². The Morgan fingerprint density at radius 1 is 0.789 bits per heavy atom. The molecule has 0 fully saturated rings. The molecule has 0 aliphatic heterocycles. The first kappa shape index (κ1) is 15.3. The highest BCUT2D eigenvalue weighted by molar-refractivity contribution is 5.33. The van der Waals surface area contributed by atoms with Crippen LogP contribution in [0.3, 0.4) is 0 Å². The first-order valence-corrected chi connectivity index (χ1v) is 7.12. The molecular weight excluding hydrogens is 232 g/mol. The molecule has 0 saturated heterocycles. The van der Waals surface area contributed by atoms with Crippen molar-refractivity contribution < 1.29 is 4.74 Å². The Kier molecular flexibility index (Phi) is 7.41. The lowest BCUT2D eigenvalue weighted by molar-refractivity contribution is 0.482. The molecule has 0 unspecified atom stereocenters.